The minimum Gasteiger partial charge on any atom is -0.349 e. The second kappa shape index (κ2) is 10.2. The summed E-state index contributed by atoms with van der Waals surface area (Å²) in [5.41, 5.74) is 0.688. The molecule has 0 atom stereocenters. The number of benzene rings is 1. The Morgan fingerprint density at radius 1 is 1.17 bits per heavy atom. The van der Waals surface area contributed by atoms with Gasteiger partial charge >= 0.3 is 0 Å². The van der Waals surface area contributed by atoms with Crippen molar-refractivity contribution < 1.29 is 9.59 Å². The fourth-order valence-electron chi connectivity index (χ4n) is 2.71. The van der Waals surface area contributed by atoms with Gasteiger partial charge in [0.05, 0.1) is 0 Å². The summed E-state index contributed by atoms with van der Waals surface area (Å²) in [5, 5.41) is 6.11. The lowest BCUT2D eigenvalue weighted by atomic mass is 10.0. The normalized spacial score (nSPS) is 14.9. The Bertz CT molecular complexity index is 488. The fourth-order valence-corrected chi connectivity index (χ4v) is 2.71. The van der Waals surface area contributed by atoms with Crippen LogP contribution in [0.5, 0.6) is 0 Å². The van der Waals surface area contributed by atoms with Crippen molar-refractivity contribution in [1.82, 2.24) is 15.5 Å². The van der Waals surface area contributed by atoms with E-state index >= 15 is 0 Å². The van der Waals surface area contributed by atoms with Gasteiger partial charge in [-0.15, -0.1) is 12.4 Å². The zero-order valence-electron chi connectivity index (χ0n) is 13.6. The van der Waals surface area contributed by atoms with Crippen molar-refractivity contribution in [1.29, 1.82) is 0 Å². The third-order valence-electron chi connectivity index (χ3n) is 4.04. The average molecular weight is 340 g/mol. The number of halogens is 1. The summed E-state index contributed by atoms with van der Waals surface area (Å²) in [4.78, 5) is 26.1. The second-order valence-corrected chi connectivity index (χ2v) is 5.70. The number of carbonyl (C=O) groups is 2. The van der Waals surface area contributed by atoms with E-state index in [0.29, 0.717) is 12.0 Å². The van der Waals surface area contributed by atoms with Gasteiger partial charge in [0, 0.05) is 31.1 Å². The van der Waals surface area contributed by atoms with Gasteiger partial charge < -0.3 is 15.5 Å². The van der Waals surface area contributed by atoms with E-state index in [2.05, 4.69) is 10.6 Å². The van der Waals surface area contributed by atoms with Gasteiger partial charge in [0.2, 0.25) is 5.91 Å². The molecular formula is C17H26ClN3O2. The summed E-state index contributed by atoms with van der Waals surface area (Å²) >= 11 is 0. The van der Waals surface area contributed by atoms with Crippen LogP contribution in [0.1, 0.15) is 36.0 Å². The summed E-state index contributed by atoms with van der Waals surface area (Å²) in [7, 11) is 1.89. The van der Waals surface area contributed by atoms with Gasteiger partial charge in [0.1, 0.15) is 0 Å². The number of nitrogens with one attached hydrogen (secondary N) is 2. The van der Waals surface area contributed by atoms with Gasteiger partial charge in [-0.05, 0) is 45.0 Å². The Hall–Kier alpha value is -1.59. The molecule has 0 spiro atoms. The minimum absolute atomic E-state index is 0. The average Bonchev–Trinajstić information content (AvgIpc) is 2.56. The van der Waals surface area contributed by atoms with Crippen LogP contribution >= 0.6 is 12.4 Å². The van der Waals surface area contributed by atoms with Crippen molar-refractivity contribution in [2.75, 3.05) is 26.7 Å². The second-order valence-electron chi connectivity index (χ2n) is 5.70. The van der Waals surface area contributed by atoms with E-state index in [1.54, 1.807) is 0 Å². The summed E-state index contributed by atoms with van der Waals surface area (Å²) in [6, 6.07) is 9.41. The van der Waals surface area contributed by atoms with Crippen LogP contribution < -0.4 is 10.6 Å². The van der Waals surface area contributed by atoms with Crippen LogP contribution in [0.2, 0.25) is 0 Å². The molecule has 1 heterocycles. The number of amides is 2. The molecule has 0 aliphatic carbocycles. The number of hydrogen-bond acceptors (Lipinski definition) is 3. The van der Waals surface area contributed by atoms with E-state index in [-0.39, 0.29) is 30.3 Å². The van der Waals surface area contributed by atoms with Crippen LogP contribution in [0.25, 0.3) is 0 Å². The quantitative estimate of drug-likeness (QED) is 0.777. The molecule has 1 saturated heterocycles. The zero-order valence-corrected chi connectivity index (χ0v) is 14.4. The predicted molar refractivity (Wildman–Crippen MR) is 93.9 cm³/mol. The maximum absolute atomic E-state index is 12.1. The standard InChI is InChI=1S/C17H25N3O2.ClH/c1-18-11-5-8-16(21)20-12-9-15(10-13-20)19-17(22)14-6-3-2-4-7-14;/h2-4,6-7,15,18H,5,8-13H2,1H3,(H,19,22);1H. The first-order valence-electron chi connectivity index (χ1n) is 7.99. The molecule has 0 saturated carbocycles. The molecule has 5 nitrogen and oxygen atoms in total. The molecule has 0 aromatic heterocycles. The molecule has 128 valence electrons. The Morgan fingerprint density at radius 2 is 1.83 bits per heavy atom. The summed E-state index contributed by atoms with van der Waals surface area (Å²) in [6.07, 6.45) is 3.13. The highest BCUT2D eigenvalue weighted by molar-refractivity contribution is 5.94. The van der Waals surface area contributed by atoms with E-state index in [0.717, 1.165) is 38.9 Å². The summed E-state index contributed by atoms with van der Waals surface area (Å²) in [6.45, 7) is 2.34. The predicted octanol–water partition coefficient (Wildman–Crippen LogP) is 1.83. The molecule has 6 heteroatoms. The van der Waals surface area contributed by atoms with Crippen LogP contribution in [-0.2, 0) is 4.79 Å². The van der Waals surface area contributed by atoms with Crippen molar-refractivity contribution >= 4 is 24.2 Å². The number of carbonyl (C=O) groups excluding carboxylic acids is 2. The van der Waals surface area contributed by atoms with Gasteiger partial charge in [-0.1, -0.05) is 18.2 Å². The largest absolute Gasteiger partial charge is 0.349 e. The number of nitrogens with zero attached hydrogens (tertiary/aromatic N) is 1. The van der Waals surface area contributed by atoms with Gasteiger partial charge in [-0.25, -0.2) is 0 Å². The zero-order chi connectivity index (χ0) is 15.8. The number of hydrogen-bond donors (Lipinski definition) is 2. The van der Waals surface area contributed by atoms with Crippen molar-refractivity contribution in [2.24, 2.45) is 0 Å². The lowest BCUT2D eigenvalue weighted by Crippen LogP contribution is -2.46. The lowest BCUT2D eigenvalue weighted by molar-refractivity contribution is -0.132. The summed E-state index contributed by atoms with van der Waals surface area (Å²) < 4.78 is 0. The Kier molecular flexibility index (Phi) is 8.66. The number of rotatable bonds is 6. The highest BCUT2D eigenvalue weighted by Gasteiger charge is 2.23. The molecule has 1 aliphatic heterocycles. The maximum atomic E-state index is 12.1. The van der Waals surface area contributed by atoms with Crippen molar-refractivity contribution in [3.05, 3.63) is 35.9 Å². The van der Waals surface area contributed by atoms with Crippen molar-refractivity contribution in [3.8, 4) is 0 Å². The Balaban J connectivity index is 0.00000264. The van der Waals surface area contributed by atoms with Crippen molar-refractivity contribution in [3.63, 3.8) is 0 Å². The van der Waals surface area contributed by atoms with Gasteiger partial charge in [0.15, 0.2) is 0 Å². The van der Waals surface area contributed by atoms with Crippen LogP contribution in [0.15, 0.2) is 30.3 Å². The van der Waals surface area contributed by atoms with E-state index in [9.17, 15) is 9.59 Å². The van der Waals surface area contributed by atoms with Gasteiger partial charge in [-0.2, -0.15) is 0 Å². The molecule has 23 heavy (non-hydrogen) atoms. The third-order valence-corrected chi connectivity index (χ3v) is 4.04. The van der Waals surface area contributed by atoms with Crippen molar-refractivity contribution in [2.45, 2.75) is 31.7 Å². The Labute approximate surface area is 144 Å². The molecule has 2 amide bonds. The van der Waals surface area contributed by atoms with E-state index in [1.165, 1.54) is 0 Å². The molecule has 0 unspecified atom stereocenters. The highest BCUT2D eigenvalue weighted by atomic mass is 35.5. The van der Waals surface area contributed by atoms with Crippen LogP contribution in [-0.4, -0.2) is 49.4 Å². The smallest absolute Gasteiger partial charge is 0.251 e. The molecule has 1 aromatic rings. The highest BCUT2D eigenvalue weighted by Crippen LogP contribution is 2.13. The minimum atomic E-state index is -0.0283. The number of likely N-dealkylation sites (tertiary alicyclic amines) is 1. The first-order valence-corrected chi connectivity index (χ1v) is 7.99. The SMILES string of the molecule is CNCCCC(=O)N1CCC(NC(=O)c2ccccc2)CC1.Cl. The lowest BCUT2D eigenvalue weighted by Gasteiger charge is -2.32. The van der Waals surface area contributed by atoms with Crippen LogP contribution in [0.3, 0.4) is 0 Å². The molecule has 2 rings (SSSR count). The molecular weight excluding hydrogens is 314 g/mol. The van der Waals surface area contributed by atoms with Gasteiger partial charge in [-0.3, -0.25) is 9.59 Å². The van der Waals surface area contributed by atoms with E-state index in [1.807, 2.05) is 42.3 Å². The van der Waals surface area contributed by atoms with Gasteiger partial charge in [0.25, 0.3) is 5.91 Å². The molecule has 0 bridgehead atoms. The van der Waals surface area contributed by atoms with Crippen LogP contribution in [0.4, 0.5) is 0 Å². The first-order chi connectivity index (χ1) is 10.7. The van der Waals surface area contributed by atoms with Crippen LogP contribution in [0, 0.1) is 0 Å². The maximum Gasteiger partial charge on any atom is 0.251 e. The van der Waals surface area contributed by atoms with E-state index < -0.39 is 0 Å². The van der Waals surface area contributed by atoms with E-state index in [4.69, 9.17) is 0 Å². The fraction of sp³-hybridized carbons (Fsp3) is 0.529. The summed E-state index contributed by atoms with van der Waals surface area (Å²) in [5.74, 6) is 0.197. The topological polar surface area (TPSA) is 61.4 Å². The Morgan fingerprint density at radius 3 is 2.43 bits per heavy atom. The monoisotopic (exact) mass is 339 g/mol. The third kappa shape index (κ3) is 6.20. The first kappa shape index (κ1) is 19.5. The molecule has 2 N–H and O–H groups in total. The molecule has 1 aromatic carbocycles. The molecule has 1 fully saturated rings. The number of piperidine rings is 1. The molecule has 0 radical (unpaired) electrons. The molecule has 1 aliphatic rings.